The third-order valence-electron chi connectivity index (χ3n) is 3.19. The van der Waals surface area contributed by atoms with Crippen LogP contribution in [0.1, 0.15) is 19.3 Å². The Kier molecular flexibility index (Phi) is 1.82. The molecule has 12 heavy (non-hydrogen) atoms. The van der Waals surface area contributed by atoms with Gasteiger partial charge in [-0.25, -0.2) is 0 Å². The van der Waals surface area contributed by atoms with Crippen LogP contribution in [0.3, 0.4) is 0 Å². The second-order valence-electron chi connectivity index (χ2n) is 3.90. The molecule has 2 aliphatic rings. The summed E-state index contributed by atoms with van der Waals surface area (Å²) < 4.78 is 0. The Morgan fingerprint density at radius 3 is 2.75 bits per heavy atom. The molecule has 0 radical (unpaired) electrons. The first-order valence-electron chi connectivity index (χ1n) is 4.63. The molecule has 2 fully saturated rings. The summed E-state index contributed by atoms with van der Waals surface area (Å²) in [6.45, 7) is 2.16. The van der Waals surface area contributed by atoms with Gasteiger partial charge in [0.1, 0.15) is 5.54 Å². The molecule has 1 N–H and O–H groups in total. The van der Waals surface area contributed by atoms with Crippen molar-refractivity contribution in [2.45, 2.75) is 30.8 Å². The first-order valence-corrected chi connectivity index (χ1v) is 4.63. The van der Waals surface area contributed by atoms with E-state index in [-0.39, 0.29) is 5.54 Å². The highest BCUT2D eigenvalue weighted by Crippen LogP contribution is 2.41. The molecule has 0 aromatic rings. The van der Waals surface area contributed by atoms with E-state index in [9.17, 15) is 0 Å². The predicted molar refractivity (Wildman–Crippen MR) is 46.6 cm³/mol. The molecule has 3 nitrogen and oxygen atoms in total. The van der Waals surface area contributed by atoms with E-state index >= 15 is 0 Å². The van der Waals surface area contributed by atoms with Crippen LogP contribution in [0.5, 0.6) is 0 Å². The van der Waals surface area contributed by atoms with Gasteiger partial charge in [0.15, 0.2) is 0 Å². The van der Waals surface area contributed by atoms with Crippen molar-refractivity contribution in [3.8, 4) is 6.07 Å². The summed E-state index contributed by atoms with van der Waals surface area (Å²) in [4.78, 5) is 2.27. The van der Waals surface area contributed by atoms with Crippen molar-refractivity contribution in [1.29, 1.82) is 5.26 Å². The molecule has 1 saturated carbocycles. The van der Waals surface area contributed by atoms with Gasteiger partial charge in [-0.1, -0.05) is 0 Å². The smallest absolute Gasteiger partial charge is 0.109 e. The van der Waals surface area contributed by atoms with E-state index in [1.165, 1.54) is 6.42 Å². The minimum Gasteiger partial charge on any atom is -0.315 e. The van der Waals surface area contributed by atoms with E-state index in [2.05, 4.69) is 23.3 Å². The molecule has 1 aliphatic heterocycles. The Labute approximate surface area is 73.3 Å². The molecule has 0 spiro atoms. The van der Waals surface area contributed by atoms with E-state index < -0.39 is 0 Å². The highest BCUT2D eigenvalue weighted by molar-refractivity contribution is 5.19. The highest BCUT2D eigenvalue weighted by atomic mass is 15.3. The van der Waals surface area contributed by atoms with Crippen LogP contribution in [0.4, 0.5) is 0 Å². The molecule has 1 saturated heterocycles. The standard InChI is InChI=1S/C9H15N3/c1-12(8-2-5-11-6-8)9(7-10)3-4-9/h8,11H,2-6H2,1H3. The first kappa shape index (κ1) is 8.03. The van der Waals surface area contributed by atoms with Gasteiger partial charge in [-0.15, -0.1) is 0 Å². The van der Waals surface area contributed by atoms with Crippen molar-refractivity contribution >= 4 is 0 Å². The lowest BCUT2D eigenvalue weighted by molar-refractivity contribution is 0.204. The third-order valence-corrected chi connectivity index (χ3v) is 3.19. The van der Waals surface area contributed by atoms with Gasteiger partial charge in [0, 0.05) is 12.6 Å². The number of hydrogen-bond acceptors (Lipinski definition) is 3. The Morgan fingerprint density at radius 1 is 1.58 bits per heavy atom. The molecular weight excluding hydrogens is 150 g/mol. The lowest BCUT2D eigenvalue weighted by atomic mass is 10.1. The summed E-state index contributed by atoms with van der Waals surface area (Å²) in [6.07, 6.45) is 3.33. The zero-order valence-electron chi connectivity index (χ0n) is 7.51. The topological polar surface area (TPSA) is 39.1 Å². The van der Waals surface area contributed by atoms with Gasteiger partial charge < -0.3 is 5.32 Å². The second kappa shape index (κ2) is 2.72. The Hall–Kier alpha value is -0.590. The fourth-order valence-electron chi connectivity index (χ4n) is 1.98. The van der Waals surface area contributed by atoms with Gasteiger partial charge in [-0.3, -0.25) is 4.90 Å². The summed E-state index contributed by atoms with van der Waals surface area (Å²) >= 11 is 0. The minimum absolute atomic E-state index is 0.0866. The molecular formula is C9H15N3. The number of nitriles is 1. The molecule has 0 aromatic carbocycles. The van der Waals surface area contributed by atoms with Crippen LogP contribution < -0.4 is 5.32 Å². The van der Waals surface area contributed by atoms with Crippen LogP contribution in [0, 0.1) is 11.3 Å². The molecule has 0 amide bonds. The summed E-state index contributed by atoms with van der Waals surface area (Å²) in [5, 5.41) is 12.3. The van der Waals surface area contributed by atoms with Crippen molar-refractivity contribution in [2.75, 3.05) is 20.1 Å². The minimum atomic E-state index is -0.0866. The van der Waals surface area contributed by atoms with Crippen LogP contribution >= 0.6 is 0 Å². The average Bonchev–Trinajstić information content (AvgIpc) is 2.71. The molecule has 66 valence electrons. The molecule has 1 unspecified atom stereocenters. The summed E-state index contributed by atoms with van der Waals surface area (Å²) in [7, 11) is 2.09. The number of nitrogens with zero attached hydrogens (tertiary/aromatic N) is 2. The normalized spacial score (nSPS) is 31.9. The largest absolute Gasteiger partial charge is 0.315 e. The van der Waals surface area contributed by atoms with Crippen molar-refractivity contribution in [3.63, 3.8) is 0 Å². The Balaban J connectivity index is 2.00. The number of hydrogen-bond donors (Lipinski definition) is 1. The number of rotatable bonds is 2. The number of nitrogens with one attached hydrogen (secondary N) is 1. The third kappa shape index (κ3) is 1.12. The fraction of sp³-hybridized carbons (Fsp3) is 0.889. The van der Waals surface area contributed by atoms with E-state index in [4.69, 9.17) is 5.26 Å². The van der Waals surface area contributed by atoms with E-state index in [1.807, 2.05) is 0 Å². The van der Waals surface area contributed by atoms with Crippen LogP contribution in [-0.2, 0) is 0 Å². The maximum atomic E-state index is 8.98. The van der Waals surface area contributed by atoms with Crippen molar-refractivity contribution in [1.82, 2.24) is 10.2 Å². The lowest BCUT2D eigenvalue weighted by Gasteiger charge is -2.27. The maximum Gasteiger partial charge on any atom is 0.109 e. The Morgan fingerprint density at radius 2 is 2.33 bits per heavy atom. The SMILES string of the molecule is CN(C1CCNC1)C1(C#N)CC1. The summed E-state index contributed by atoms with van der Waals surface area (Å²) in [6, 6.07) is 3.02. The molecule has 1 atom stereocenters. The quantitative estimate of drug-likeness (QED) is 0.641. The van der Waals surface area contributed by atoms with Gasteiger partial charge in [0.25, 0.3) is 0 Å². The van der Waals surface area contributed by atoms with Gasteiger partial charge in [-0.2, -0.15) is 5.26 Å². The average molecular weight is 165 g/mol. The van der Waals surface area contributed by atoms with Gasteiger partial charge in [0.05, 0.1) is 6.07 Å². The zero-order valence-corrected chi connectivity index (χ0v) is 7.51. The molecule has 2 rings (SSSR count). The van der Waals surface area contributed by atoms with Crippen molar-refractivity contribution < 1.29 is 0 Å². The lowest BCUT2D eigenvalue weighted by Crippen LogP contribution is -2.42. The van der Waals surface area contributed by atoms with Crippen molar-refractivity contribution in [3.05, 3.63) is 0 Å². The second-order valence-corrected chi connectivity index (χ2v) is 3.90. The first-order chi connectivity index (χ1) is 5.78. The van der Waals surface area contributed by atoms with Crippen LogP contribution in [0.25, 0.3) is 0 Å². The summed E-state index contributed by atoms with van der Waals surface area (Å²) in [5.74, 6) is 0. The highest BCUT2D eigenvalue weighted by Gasteiger charge is 2.49. The molecule has 0 aromatic heterocycles. The van der Waals surface area contributed by atoms with Crippen LogP contribution in [-0.4, -0.2) is 36.6 Å². The van der Waals surface area contributed by atoms with E-state index in [1.54, 1.807) is 0 Å². The monoisotopic (exact) mass is 165 g/mol. The van der Waals surface area contributed by atoms with Crippen molar-refractivity contribution in [2.24, 2.45) is 0 Å². The van der Waals surface area contributed by atoms with Crippen LogP contribution in [0.15, 0.2) is 0 Å². The Bertz CT molecular complexity index is 208. The molecule has 3 heteroatoms. The van der Waals surface area contributed by atoms with E-state index in [0.717, 1.165) is 25.9 Å². The van der Waals surface area contributed by atoms with Gasteiger partial charge in [-0.05, 0) is 32.9 Å². The number of likely N-dealkylation sites (N-methyl/N-ethyl adjacent to an activating group) is 1. The maximum absolute atomic E-state index is 8.98. The molecule has 1 aliphatic carbocycles. The zero-order chi connectivity index (χ0) is 8.60. The van der Waals surface area contributed by atoms with Crippen LogP contribution in [0.2, 0.25) is 0 Å². The predicted octanol–water partition coefficient (Wildman–Crippen LogP) is 0.336. The van der Waals surface area contributed by atoms with Gasteiger partial charge in [0.2, 0.25) is 0 Å². The van der Waals surface area contributed by atoms with Gasteiger partial charge >= 0.3 is 0 Å². The summed E-state index contributed by atoms with van der Waals surface area (Å²) in [5.41, 5.74) is -0.0866. The fourth-order valence-corrected chi connectivity index (χ4v) is 1.98. The molecule has 0 bridgehead atoms. The molecule has 1 heterocycles. The van der Waals surface area contributed by atoms with E-state index in [0.29, 0.717) is 6.04 Å².